The average Bonchev–Trinajstić information content (AvgIpc) is 3.48. The fraction of sp³-hybridized carbons (Fsp3) is 0.190. The van der Waals surface area contributed by atoms with Gasteiger partial charge in [0.15, 0.2) is 0 Å². The number of amides is 2. The zero-order valence-electron chi connectivity index (χ0n) is 16.1. The molecule has 0 radical (unpaired) electrons. The molecule has 9 nitrogen and oxygen atoms in total. The predicted octanol–water partition coefficient (Wildman–Crippen LogP) is 2.90. The van der Waals surface area contributed by atoms with Crippen LogP contribution in [0.3, 0.4) is 0 Å². The number of nitrogens with one attached hydrogen (secondary N) is 2. The number of carbonyl (C=O) groups excluding carboxylic acids is 2. The first kappa shape index (κ1) is 18.0. The van der Waals surface area contributed by atoms with Crippen molar-refractivity contribution >= 4 is 23.1 Å². The van der Waals surface area contributed by atoms with Gasteiger partial charge in [0.2, 0.25) is 17.6 Å². The van der Waals surface area contributed by atoms with Gasteiger partial charge in [0.05, 0.1) is 6.20 Å². The van der Waals surface area contributed by atoms with Crippen LogP contribution in [0.1, 0.15) is 40.8 Å². The average molecular weight is 402 g/mol. The molecule has 2 N–H and O–H groups in total. The van der Waals surface area contributed by atoms with E-state index in [2.05, 4.69) is 25.8 Å². The summed E-state index contributed by atoms with van der Waals surface area (Å²) in [6.45, 7) is 1.91. The van der Waals surface area contributed by atoms with E-state index in [1.807, 2.05) is 37.3 Å². The summed E-state index contributed by atoms with van der Waals surface area (Å²) in [5.41, 5.74) is 3.38. The van der Waals surface area contributed by atoms with Crippen molar-refractivity contribution in [3.05, 3.63) is 65.9 Å². The predicted molar refractivity (Wildman–Crippen MR) is 108 cm³/mol. The number of aryl methyl sites for hydroxylation is 1. The number of hydrogen-bond donors (Lipinski definition) is 2. The molecule has 1 fully saturated rings. The van der Waals surface area contributed by atoms with E-state index >= 15 is 0 Å². The Labute approximate surface area is 171 Å². The van der Waals surface area contributed by atoms with Crippen molar-refractivity contribution in [1.82, 2.24) is 24.8 Å². The molecule has 0 spiro atoms. The third-order valence-electron chi connectivity index (χ3n) is 5.13. The number of nitrogens with zero attached hydrogens (tertiary/aromatic N) is 4. The summed E-state index contributed by atoms with van der Waals surface area (Å²) in [5, 5.41) is 9.78. The minimum atomic E-state index is -0.267. The number of carbonyl (C=O) groups is 2. The van der Waals surface area contributed by atoms with Crippen molar-refractivity contribution in [2.24, 2.45) is 0 Å². The van der Waals surface area contributed by atoms with E-state index in [1.54, 1.807) is 22.9 Å². The molecule has 1 aromatic carbocycles. The minimum absolute atomic E-state index is 0.0209. The summed E-state index contributed by atoms with van der Waals surface area (Å²) < 4.78 is 7.07. The van der Waals surface area contributed by atoms with Crippen molar-refractivity contribution in [2.75, 3.05) is 5.32 Å². The van der Waals surface area contributed by atoms with Gasteiger partial charge in [-0.05, 0) is 37.1 Å². The van der Waals surface area contributed by atoms with E-state index < -0.39 is 0 Å². The topological polar surface area (TPSA) is 114 Å². The second-order valence-corrected chi connectivity index (χ2v) is 7.17. The molecule has 1 saturated heterocycles. The third kappa shape index (κ3) is 3.20. The van der Waals surface area contributed by atoms with Gasteiger partial charge in [-0.3, -0.25) is 14.0 Å². The number of hydrogen-bond acceptors (Lipinski definition) is 6. The minimum Gasteiger partial charge on any atom is -0.344 e. The molecule has 3 aromatic heterocycles. The molecular weight excluding hydrogens is 384 g/mol. The fourth-order valence-electron chi connectivity index (χ4n) is 3.48. The van der Waals surface area contributed by atoms with E-state index in [-0.39, 0.29) is 17.9 Å². The number of anilines is 1. The standard InChI is InChI=1S/C21H18N6O3/c1-12-5-6-13(19-25-21(30-26-19)14-7-8-18(28)23-14)10-15(12)24-20(29)16-11-22-17-4-2-3-9-27(16)17/h2-6,9-11,14H,7-8H2,1H3,(H,23,28)(H,24,29). The second-order valence-electron chi connectivity index (χ2n) is 7.17. The normalized spacial score (nSPS) is 16.0. The molecule has 2 amide bonds. The van der Waals surface area contributed by atoms with Crippen molar-refractivity contribution < 1.29 is 14.1 Å². The Morgan fingerprint density at radius 3 is 3.03 bits per heavy atom. The summed E-state index contributed by atoms with van der Waals surface area (Å²) in [4.78, 5) is 32.9. The van der Waals surface area contributed by atoms with Crippen LogP contribution in [0.15, 0.2) is 53.3 Å². The Bertz CT molecular complexity index is 1270. The molecule has 1 aliphatic rings. The van der Waals surface area contributed by atoms with Gasteiger partial charge < -0.3 is 15.2 Å². The molecule has 0 bridgehead atoms. The van der Waals surface area contributed by atoms with Crippen LogP contribution in [-0.4, -0.2) is 31.3 Å². The van der Waals surface area contributed by atoms with Crippen LogP contribution in [0, 0.1) is 6.92 Å². The molecule has 0 saturated carbocycles. The van der Waals surface area contributed by atoms with Gasteiger partial charge in [0, 0.05) is 23.9 Å². The Balaban J connectivity index is 1.41. The lowest BCUT2D eigenvalue weighted by atomic mass is 10.1. The molecule has 30 heavy (non-hydrogen) atoms. The highest BCUT2D eigenvalue weighted by molar-refractivity contribution is 6.04. The molecule has 1 atom stereocenters. The summed E-state index contributed by atoms with van der Waals surface area (Å²) >= 11 is 0. The van der Waals surface area contributed by atoms with Gasteiger partial charge in [0.25, 0.3) is 5.91 Å². The molecule has 1 aliphatic heterocycles. The van der Waals surface area contributed by atoms with Crippen LogP contribution in [-0.2, 0) is 4.79 Å². The van der Waals surface area contributed by atoms with Gasteiger partial charge in [-0.25, -0.2) is 4.98 Å². The number of fused-ring (bicyclic) bond motifs is 1. The van der Waals surface area contributed by atoms with Crippen molar-refractivity contribution in [3.8, 4) is 11.4 Å². The molecule has 4 heterocycles. The SMILES string of the molecule is Cc1ccc(-c2noc(C3CCC(=O)N3)n2)cc1NC(=O)c1cnc2ccccn12. The Kier molecular flexibility index (Phi) is 4.27. The maximum Gasteiger partial charge on any atom is 0.274 e. The van der Waals surface area contributed by atoms with E-state index in [9.17, 15) is 9.59 Å². The zero-order chi connectivity index (χ0) is 20.7. The van der Waals surface area contributed by atoms with Crippen molar-refractivity contribution in [2.45, 2.75) is 25.8 Å². The van der Waals surface area contributed by atoms with Gasteiger partial charge >= 0.3 is 0 Å². The quantitative estimate of drug-likeness (QED) is 0.542. The van der Waals surface area contributed by atoms with E-state index in [0.717, 1.165) is 5.56 Å². The summed E-state index contributed by atoms with van der Waals surface area (Å²) in [6.07, 6.45) is 4.43. The highest BCUT2D eigenvalue weighted by Gasteiger charge is 2.27. The van der Waals surface area contributed by atoms with Crippen LogP contribution in [0.2, 0.25) is 0 Å². The van der Waals surface area contributed by atoms with Crippen LogP contribution in [0.25, 0.3) is 17.0 Å². The summed E-state index contributed by atoms with van der Waals surface area (Å²) in [6, 6.07) is 10.8. The maximum atomic E-state index is 12.8. The lowest BCUT2D eigenvalue weighted by Crippen LogP contribution is -2.18. The lowest BCUT2D eigenvalue weighted by Gasteiger charge is -2.09. The van der Waals surface area contributed by atoms with Crippen LogP contribution in [0.4, 0.5) is 5.69 Å². The van der Waals surface area contributed by atoms with Crippen molar-refractivity contribution in [3.63, 3.8) is 0 Å². The Morgan fingerprint density at radius 2 is 2.20 bits per heavy atom. The molecule has 150 valence electrons. The van der Waals surface area contributed by atoms with Gasteiger partial charge in [-0.15, -0.1) is 0 Å². The third-order valence-corrected chi connectivity index (χ3v) is 5.13. The van der Waals surface area contributed by atoms with Crippen LogP contribution in [0.5, 0.6) is 0 Å². The Hall–Kier alpha value is -4.01. The molecule has 0 aliphatic carbocycles. The summed E-state index contributed by atoms with van der Waals surface area (Å²) in [7, 11) is 0. The zero-order valence-corrected chi connectivity index (χ0v) is 16.1. The number of pyridine rings is 1. The fourth-order valence-corrected chi connectivity index (χ4v) is 3.48. The first-order valence-electron chi connectivity index (χ1n) is 9.56. The molecule has 5 rings (SSSR count). The van der Waals surface area contributed by atoms with Crippen LogP contribution < -0.4 is 10.6 Å². The van der Waals surface area contributed by atoms with Crippen LogP contribution >= 0.6 is 0 Å². The van der Waals surface area contributed by atoms with E-state index in [4.69, 9.17) is 4.52 Å². The lowest BCUT2D eigenvalue weighted by molar-refractivity contribution is -0.119. The number of imidazole rings is 1. The van der Waals surface area contributed by atoms with Crippen molar-refractivity contribution in [1.29, 1.82) is 0 Å². The van der Waals surface area contributed by atoms with E-state index in [0.29, 0.717) is 47.1 Å². The van der Waals surface area contributed by atoms with Gasteiger partial charge in [-0.2, -0.15) is 4.98 Å². The van der Waals surface area contributed by atoms with E-state index in [1.165, 1.54) is 0 Å². The molecule has 1 unspecified atom stereocenters. The monoisotopic (exact) mass is 402 g/mol. The molecule has 4 aromatic rings. The molecule has 9 heteroatoms. The number of benzene rings is 1. The largest absolute Gasteiger partial charge is 0.344 e. The second kappa shape index (κ2) is 7.11. The number of rotatable bonds is 4. The molecular formula is C21H18N6O3. The first-order valence-corrected chi connectivity index (χ1v) is 9.56. The maximum absolute atomic E-state index is 12.8. The van der Waals surface area contributed by atoms with Gasteiger partial charge in [0.1, 0.15) is 17.4 Å². The van der Waals surface area contributed by atoms with Gasteiger partial charge in [-0.1, -0.05) is 23.4 Å². The highest BCUT2D eigenvalue weighted by Crippen LogP contribution is 2.27. The Morgan fingerprint density at radius 1 is 1.30 bits per heavy atom. The smallest absolute Gasteiger partial charge is 0.274 e. The highest BCUT2D eigenvalue weighted by atomic mass is 16.5. The summed E-state index contributed by atoms with van der Waals surface area (Å²) in [5.74, 6) is 0.494. The first-order chi connectivity index (χ1) is 14.6. The number of aromatic nitrogens is 4.